The van der Waals surface area contributed by atoms with Gasteiger partial charge in [0, 0.05) is 17.6 Å². The average molecular weight is 302 g/mol. The minimum absolute atomic E-state index is 0.562. The van der Waals surface area contributed by atoms with Crippen LogP contribution in [-0.4, -0.2) is 22.6 Å². The first-order valence-corrected chi connectivity index (χ1v) is 8.04. The molecule has 1 heterocycles. The maximum Gasteiger partial charge on any atom is 0.312 e. The van der Waals surface area contributed by atoms with Crippen LogP contribution in [0.4, 0.5) is 10.8 Å². The number of thiazole rings is 1. The number of nitrogens with zero attached hydrogens (tertiary/aromatic N) is 2. The van der Waals surface area contributed by atoms with Crippen LogP contribution in [0.25, 0.3) is 0 Å². The zero-order valence-electron chi connectivity index (χ0n) is 11.9. The van der Waals surface area contributed by atoms with E-state index in [-0.39, 0.29) is 0 Å². The second kappa shape index (κ2) is 5.85. The molecule has 0 amide bonds. The lowest BCUT2D eigenvalue weighted by Gasteiger charge is -2.21. The fourth-order valence-electron chi connectivity index (χ4n) is 2.19. The molecular weight excluding hydrogens is 284 g/mol. The van der Waals surface area contributed by atoms with Crippen molar-refractivity contribution in [3.05, 3.63) is 41.4 Å². The predicted octanol–water partition coefficient (Wildman–Crippen LogP) is 3.88. The highest BCUT2D eigenvalue weighted by atomic mass is 32.1. The van der Waals surface area contributed by atoms with Gasteiger partial charge in [-0.3, -0.25) is 4.79 Å². The lowest BCUT2D eigenvalue weighted by molar-refractivity contribution is -0.138. The first-order valence-electron chi connectivity index (χ1n) is 7.16. The summed E-state index contributed by atoms with van der Waals surface area (Å²) in [6.45, 7) is 2.63. The summed E-state index contributed by atoms with van der Waals surface area (Å²) in [7, 11) is 0. The number of carbonyl (C=O) groups is 1. The smallest absolute Gasteiger partial charge is 0.312 e. The van der Waals surface area contributed by atoms with Crippen molar-refractivity contribution in [2.75, 3.05) is 11.4 Å². The van der Waals surface area contributed by atoms with Crippen molar-refractivity contribution < 1.29 is 9.90 Å². The second-order valence-corrected chi connectivity index (χ2v) is 6.34. The normalized spacial score (nSPS) is 15.7. The molecule has 1 atom stereocenters. The Morgan fingerprint density at radius 3 is 2.76 bits per heavy atom. The monoisotopic (exact) mass is 302 g/mol. The SMILES string of the molecule is CC(C(=O)O)c1csc(N(CC2CC2)c2ccccc2)n1. The molecule has 21 heavy (non-hydrogen) atoms. The number of hydrogen-bond donors (Lipinski definition) is 1. The molecule has 0 saturated heterocycles. The number of aromatic nitrogens is 1. The van der Waals surface area contributed by atoms with Crippen molar-refractivity contribution in [3.8, 4) is 0 Å². The molecule has 0 aliphatic heterocycles. The van der Waals surface area contributed by atoms with Crippen molar-refractivity contribution in [1.29, 1.82) is 0 Å². The van der Waals surface area contributed by atoms with Gasteiger partial charge >= 0.3 is 5.97 Å². The molecule has 1 aliphatic carbocycles. The number of benzene rings is 1. The first-order chi connectivity index (χ1) is 10.1. The van der Waals surface area contributed by atoms with Gasteiger partial charge in [-0.1, -0.05) is 18.2 Å². The highest BCUT2D eigenvalue weighted by Crippen LogP contribution is 2.37. The van der Waals surface area contributed by atoms with Crippen molar-refractivity contribution in [2.24, 2.45) is 5.92 Å². The van der Waals surface area contributed by atoms with Crippen molar-refractivity contribution >= 4 is 28.1 Å². The van der Waals surface area contributed by atoms with E-state index in [0.717, 1.165) is 23.3 Å². The summed E-state index contributed by atoms with van der Waals surface area (Å²) in [6.07, 6.45) is 2.54. The Morgan fingerprint density at radius 1 is 1.43 bits per heavy atom. The summed E-state index contributed by atoms with van der Waals surface area (Å²) in [5, 5.41) is 11.9. The van der Waals surface area contributed by atoms with Gasteiger partial charge in [0.2, 0.25) is 0 Å². The lowest BCUT2D eigenvalue weighted by Crippen LogP contribution is -2.20. The zero-order valence-corrected chi connectivity index (χ0v) is 12.7. The molecule has 3 rings (SSSR count). The topological polar surface area (TPSA) is 53.4 Å². The van der Waals surface area contributed by atoms with E-state index in [2.05, 4.69) is 22.0 Å². The number of para-hydroxylation sites is 1. The maximum atomic E-state index is 11.1. The van der Waals surface area contributed by atoms with Crippen LogP contribution in [0, 0.1) is 5.92 Å². The Bertz CT molecular complexity index is 622. The Kier molecular flexibility index (Phi) is 3.92. The van der Waals surface area contributed by atoms with Crippen LogP contribution in [0.15, 0.2) is 35.7 Å². The molecule has 1 unspecified atom stereocenters. The first kappa shape index (κ1) is 14.1. The Balaban J connectivity index is 1.88. The molecule has 1 aromatic heterocycles. The van der Waals surface area contributed by atoms with Gasteiger partial charge < -0.3 is 10.0 Å². The summed E-state index contributed by atoms with van der Waals surface area (Å²) in [6, 6.07) is 10.2. The van der Waals surface area contributed by atoms with E-state index < -0.39 is 11.9 Å². The maximum absolute atomic E-state index is 11.1. The van der Waals surface area contributed by atoms with E-state index in [9.17, 15) is 4.79 Å². The highest BCUT2D eigenvalue weighted by Gasteiger charge is 2.27. The molecule has 0 spiro atoms. The van der Waals surface area contributed by atoms with Crippen LogP contribution in [-0.2, 0) is 4.79 Å². The number of hydrogen-bond acceptors (Lipinski definition) is 4. The molecular formula is C16H18N2O2S. The van der Waals surface area contributed by atoms with Gasteiger partial charge in [0.25, 0.3) is 0 Å². The van der Waals surface area contributed by atoms with Crippen LogP contribution in [0.1, 0.15) is 31.4 Å². The van der Waals surface area contributed by atoms with Gasteiger partial charge in [0.15, 0.2) is 5.13 Å². The molecule has 1 aromatic carbocycles. The molecule has 1 fully saturated rings. The van der Waals surface area contributed by atoms with Crippen molar-refractivity contribution in [2.45, 2.75) is 25.7 Å². The van der Waals surface area contributed by atoms with Crippen LogP contribution in [0.3, 0.4) is 0 Å². The Hall–Kier alpha value is -1.88. The second-order valence-electron chi connectivity index (χ2n) is 5.50. The minimum atomic E-state index is -0.833. The zero-order chi connectivity index (χ0) is 14.8. The van der Waals surface area contributed by atoms with E-state index in [1.807, 2.05) is 23.6 Å². The fraction of sp³-hybridized carbons (Fsp3) is 0.375. The highest BCUT2D eigenvalue weighted by molar-refractivity contribution is 7.13. The molecule has 4 nitrogen and oxygen atoms in total. The van der Waals surface area contributed by atoms with E-state index in [0.29, 0.717) is 5.69 Å². The minimum Gasteiger partial charge on any atom is -0.481 e. The van der Waals surface area contributed by atoms with Gasteiger partial charge in [0.05, 0.1) is 11.6 Å². The number of rotatable bonds is 6. The Labute approximate surface area is 128 Å². The van der Waals surface area contributed by atoms with Crippen LogP contribution in [0.5, 0.6) is 0 Å². The van der Waals surface area contributed by atoms with Gasteiger partial charge in [-0.05, 0) is 37.8 Å². The number of anilines is 2. The van der Waals surface area contributed by atoms with Crippen LogP contribution >= 0.6 is 11.3 Å². The van der Waals surface area contributed by atoms with Crippen molar-refractivity contribution in [1.82, 2.24) is 4.98 Å². The summed E-state index contributed by atoms with van der Waals surface area (Å²) in [5.74, 6) is -0.664. The van der Waals surface area contributed by atoms with Crippen LogP contribution < -0.4 is 4.90 Å². The van der Waals surface area contributed by atoms with Crippen molar-refractivity contribution in [3.63, 3.8) is 0 Å². The molecule has 0 bridgehead atoms. The van der Waals surface area contributed by atoms with Gasteiger partial charge in [0.1, 0.15) is 0 Å². The molecule has 5 heteroatoms. The number of aliphatic carboxylic acids is 1. The fourth-order valence-corrected chi connectivity index (χ4v) is 3.13. The average Bonchev–Trinajstić information content (AvgIpc) is 3.19. The van der Waals surface area contributed by atoms with E-state index in [4.69, 9.17) is 5.11 Å². The van der Waals surface area contributed by atoms with E-state index >= 15 is 0 Å². The lowest BCUT2D eigenvalue weighted by atomic mass is 10.1. The predicted molar refractivity (Wildman–Crippen MR) is 84.3 cm³/mol. The quantitative estimate of drug-likeness (QED) is 0.880. The van der Waals surface area contributed by atoms with E-state index in [1.165, 1.54) is 24.2 Å². The van der Waals surface area contributed by atoms with Gasteiger partial charge in [-0.2, -0.15) is 0 Å². The summed E-state index contributed by atoms with van der Waals surface area (Å²) in [4.78, 5) is 17.8. The van der Waals surface area contributed by atoms with E-state index in [1.54, 1.807) is 6.92 Å². The summed E-state index contributed by atoms with van der Waals surface area (Å²) < 4.78 is 0. The summed E-state index contributed by atoms with van der Waals surface area (Å²) in [5.41, 5.74) is 1.76. The molecule has 1 aliphatic rings. The summed E-state index contributed by atoms with van der Waals surface area (Å²) >= 11 is 1.52. The Morgan fingerprint density at radius 2 is 2.14 bits per heavy atom. The molecule has 2 aromatic rings. The molecule has 0 radical (unpaired) electrons. The molecule has 1 saturated carbocycles. The number of carboxylic acid groups (broad SMARTS) is 1. The molecule has 1 N–H and O–H groups in total. The third-order valence-electron chi connectivity index (χ3n) is 3.76. The third kappa shape index (κ3) is 3.24. The van der Waals surface area contributed by atoms with Crippen LogP contribution in [0.2, 0.25) is 0 Å². The largest absolute Gasteiger partial charge is 0.481 e. The standard InChI is InChI=1S/C16H18N2O2S/c1-11(15(19)20)14-10-21-16(17-14)18(9-12-7-8-12)13-5-3-2-4-6-13/h2-6,10-12H,7-9H2,1H3,(H,19,20). The van der Waals surface area contributed by atoms with Gasteiger partial charge in [-0.25, -0.2) is 4.98 Å². The third-order valence-corrected chi connectivity index (χ3v) is 4.64. The molecule has 110 valence electrons. The van der Waals surface area contributed by atoms with Gasteiger partial charge in [-0.15, -0.1) is 11.3 Å². The number of carboxylic acids is 1.